The first-order chi connectivity index (χ1) is 9.33. The van der Waals surface area contributed by atoms with E-state index in [1.165, 1.54) is 6.33 Å². The van der Waals surface area contributed by atoms with E-state index in [2.05, 4.69) is 64.2 Å². The molecule has 0 aliphatic carbocycles. The molecule has 1 atom stereocenters. The monoisotopic (exact) mass is 344 g/mol. The Kier molecular flexibility index (Phi) is 6.68. The number of aliphatic hydroxyl groups is 1. The van der Waals surface area contributed by atoms with Crippen LogP contribution < -0.4 is 10.6 Å². The zero-order valence-corrected chi connectivity index (χ0v) is 14.3. The number of hydrogen-bond acceptors (Lipinski definition) is 5. The summed E-state index contributed by atoms with van der Waals surface area (Å²) in [7, 11) is 0. The van der Waals surface area contributed by atoms with E-state index in [4.69, 9.17) is 0 Å². The molecule has 1 aromatic heterocycles. The van der Waals surface area contributed by atoms with Gasteiger partial charge < -0.3 is 15.7 Å². The van der Waals surface area contributed by atoms with E-state index in [0.29, 0.717) is 12.4 Å². The number of aliphatic hydroxyl groups excluding tert-OH is 1. The van der Waals surface area contributed by atoms with Crippen LogP contribution in [0, 0.1) is 5.41 Å². The van der Waals surface area contributed by atoms with Gasteiger partial charge in [-0.05, 0) is 34.2 Å². The molecule has 0 radical (unpaired) electrons. The van der Waals surface area contributed by atoms with Crippen molar-refractivity contribution in [2.45, 2.75) is 46.6 Å². The molecule has 0 aromatic carbocycles. The fraction of sp³-hybridized carbons (Fsp3) is 0.714. The lowest BCUT2D eigenvalue weighted by molar-refractivity contribution is 0.132. The summed E-state index contributed by atoms with van der Waals surface area (Å²) in [6, 6.07) is 0. The van der Waals surface area contributed by atoms with Gasteiger partial charge in [-0.1, -0.05) is 27.7 Å². The van der Waals surface area contributed by atoms with Crippen molar-refractivity contribution in [2.75, 3.05) is 23.7 Å². The van der Waals surface area contributed by atoms with Gasteiger partial charge in [-0.25, -0.2) is 9.97 Å². The smallest absolute Gasteiger partial charge is 0.146 e. The van der Waals surface area contributed by atoms with Gasteiger partial charge >= 0.3 is 0 Å². The zero-order valence-electron chi connectivity index (χ0n) is 12.7. The highest BCUT2D eigenvalue weighted by Gasteiger charge is 2.17. The second kappa shape index (κ2) is 7.78. The molecule has 0 saturated heterocycles. The number of halogens is 1. The summed E-state index contributed by atoms with van der Waals surface area (Å²) in [4.78, 5) is 8.39. The highest BCUT2D eigenvalue weighted by molar-refractivity contribution is 9.10. The molecule has 6 heteroatoms. The number of rotatable bonds is 7. The average Bonchev–Trinajstić information content (AvgIpc) is 2.34. The summed E-state index contributed by atoms with van der Waals surface area (Å²) in [5, 5.41) is 16.4. The fourth-order valence-electron chi connectivity index (χ4n) is 1.85. The predicted molar refractivity (Wildman–Crippen MR) is 87.1 cm³/mol. The van der Waals surface area contributed by atoms with Crippen LogP contribution in [0.2, 0.25) is 0 Å². The Morgan fingerprint density at radius 1 is 1.25 bits per heavy atom. The van der Waals surface area contributed by atoms with Gasteiger partial charge in [0.15, 0.2) is 0 Å². The van der Waals surface area contributed by atoms with Crippen LogP contribution in [0.5, 0.6) is 0 Å². The molecule has 0 amide bonds. The summed E-state index contributed by atoms with van der Waals surface area (Å²) < 4.78 is 0.802. The van der Waals surface area contributed by atoms with Crippen LogP contribution in [0.15, 0.2) is 10.8 Å². The lowest BCUT2D eigenvalue weighted by Gasteiger charge is -2.22. The molecule has 1 unspecified atom stereocenters. The maximum atomic E-state index is 10.0. The number of nitrogens with one attached hydrogen (secondary N) is 2. The lowest BCUT2D eigenvalue weighted by Crippen LogP contribution is -2.25. The van der Waals surface area contributed by atoms with Crippen LogP contribution in [0.3, 0.4) is 0 Å². The van der Waals surface area contributed by atoms with Crippen LogP contribution in [-0.4, -0.2) is 34.3 Å². The summed E-state index contributed by atoms with van der Waals surface area (Å²) >= 11 is 3.49. The van der Waals surface area contributed by atoms with Crippen LogP contribution in [0.25, 0.3) is 0 Å². The quantitative estimate of drug-likeness (QED) is 0.708. The van der Waals surface area contributed by atoms with Crippen LogP contribution in [-0.2, 0) is 0 Å². The second-order valence-corrected chi connectivity index (χ2v) is 6.90. The van der Waals surface area contributed by atoms with Crippen molar-refractivity contribution in [3.63, 3.8) is 0 Å². The van der Waals surface area contributed by atoms with E-state index >= 15 is 0 Å². The molecule has 1 heterocycles. The molecule has 1 aromatic rings. The first-order valence-corrected chi connectivity index (χ1v) is 7.79. The van der Waals surface area contributed by atoms with Gasteiger partial charge in [-0.3, -0.25) is 0 Å². The molecule has 0 saturated carbocycles. The molecule has 5 nitrogen and oxygen atoms in total. The largest absolute Gasteiger partial charge is 0.391 e. The number of nitrogens with zero attached hydrogens (tertiary/aromatic N) is 2. The first-order valence-electron chi connectivity index (χ1n) is 7.00. The van der Waals surface area contributed by atoms with Gasteiger partial charge in [-0.2, -0.15) is 0 Å². The minimum Gasteiger partial charge on any atom is -0.391 e. The van der Waals surface area contributed by atoms with E-state index in [9.17, 15) is 5.11 Å². The third-order valence-corrected chi connectivity index (χ3v) is 3.44. The Morgan fingerprint density at radius 2 is 1.85 bits per heavy atom. The van der Waals surface area contributed by atoms with Gasteiger partial charge in [-0.15, -0.1) is 0 Å². The zero-order chi connectivity index (χ0) is 15.2. The lowest BCUT2D eigenvalue weighted by atomic mass is 9.89. The molecule has 0 fully saturated rings. The number of anilines is 2. The summed E-state index contributed by atoms with van der Waals surface area (Å²) in [6.45, 7) is 9.78. The van der Waals surface area contributed by atoms with Gasteiger partial charge in [0.25, 0.3) is 0 Å². The predicted octanol–water partition coefficient (Wildman–Crippen LogP) is 3.27. The van der Waals surface area contributed by atoms with Crippen molar-refractivity contribution in [1.82, 2.24) is 9.97 Å². The van der Waals surface area contributed by atoms with E-state index < -0.39 is 6.10 Å². The maximum absolute atomic E-state index is 10.0. The van der Waals surface area contributed by atoms with E-state index in [-0.39, 0.29) is 5.41 Å². The number of hydrogen-bond donors (Lipinski definition) is 3. The Labute approximate surface area is 129 Å². The number of aromatic nitrogens is 2. The highest BCUT2D eigenvalue weighted by atomic mass is 79.9. The molecule has 3 N–H and O–H groups in total. The summed E-state index contributed by atoms with van der Waals surface area (Å²) in [5.74, 6) is 1.47. The van der Waals surface area contributed by atoms with Crippen molar-refractivity contribution in [1.29, 1.82) is 0 Å². The van der Waals surface area contributed by atoms with Gasteiger partial charge in [0, 0.05) is 13.1 Å². The minimum absolute atomic E-state index is 0.109. The Balaban J connectivity index is 2.59. The van der Waals surface area contributed by atoms with Crippen molar-refractivity contribution in [3.8, 4) is 0 Å². The SMILES string of the molecule is CCCNc1ncnc(NCC(O)CC(C)(C)C)c1Br. The topological polar surface area (TPSA) is 70.1 Å². The van der Waals surface area contributed by atoms with Crippen LogP contribution in [0.1, 0.15) is 40.5 Å². The molecule has 0 aliphatic heterocycles. The Bertz CT molecular complexity index is 420. The van der Waals surface area contributed by atoms with Gasteiger partial charge in [0.1, 0.15) is 22.4 Å². The summed E-state index contributed by atoms with van der Waals surface area (Å²) in [5.41, 5.74) is 0.109. The molecule has 1 rings (SSSR count). The minimum atomic E-state index is -0.399. The van der Waals surface area contributed by atoms with Crippen molar-refractivity contribution in [3.05, 3.63) is 10.8 Å². The molecule has 0 aliphatic rings. The van der Waals surface area contributed by atoms with Gasteiger partial charge in [0.2, 0.25) is 0 Å². The van der Waals surface area contributed by atoms with E-state index in [1.807, 2.05) is 0 Å². The fourth-order valence-corrected chi connectivity index (χ4v) is 2.34. The Hall–Kier alpha value is -0.880. The van der Waals surface area contributed by atoms with Crippen LogP contribution in [0.4, 0.5) is 11.6 Å². The molecular formula is C14H25BrN4O. The normalized spacial score (nSPS) is 13.1. The molecule has 114 valence electrons. The standard InChI is InChI=1S/C14H25BrN4O/c1-5-6-16-12-11(15)13(19-9-18-12)17-8-10(20)7-14(2,3)4/h9-10,20H,5-8H2,1-4H3,(H2,16,17,18,19). The van der Waals surface area contributed by atoms with Gasteiger partial charge in [0.05, 0.1) is 6.10 Å². The Morgan fingerprint density at radius 3 is 2.40 bits per heavy atom. The van der Waals surface area contributed by atoms with E-state index in [0.717, 1.165) is 29.7 Å². The second-order valence-electron chi connectivity index (χ2n) is 6.11. The first kappa shape index (κ1) is 17.2. The molecule has 0 spiro atoms. The van der Waals surface area contributed by atoms with Crippen LogP contribution >= 0.6 is 15.9 Å². The average molecular weight is 345 g/mol. The highest BCUT2D eigenvalue weighted by Crippen LogP contribution is 2.27. The molecule has 0 bridgehead atoms. The molecule has 20 heavy (non-hydrogen) atoms. The van der Waals surface area contributed by atoms with Crippen molar-refractivity contribution < 1.29 is 5.11 Å². The van der Waals surface area contributed by atoms with Crippen molar-refractivity contribution in [2.24, 2.45) is 5.41 Å². The van der Waals surface area contributed by atoms with Crippen molar-refractivity contribution >= 4 is 27.6 Å². The summed E-state index contributed by atoms with van der Waals surface area (Å²) in [6.07, 6.45) is 2.89. The third kappa shape index (κ3) is 6.05. The third-order valence-electron chi connectivity index (χ3n) is 2.69. The van der Waals surface area contributed by atoms with E-state index in [1.54, 1.807) is 0 Å². The maximum Gasteiger partial charge on any atom is 0.146 e. The molecular weight excluding hydrogens is 320 g/mol.